The first-order valence-electron chi connectivity index (χ1n) is 6.81. The fourth-order valence-electron chi connectivity index (χ4n) is 2.56. The molecule has 2 aromatic rings. The zero-order valence-corrected chi connectivity index (χ0v) is 13.6. The van der Waals surface area contributed by atoms with Gasteiger partial charge in [-0.1, -0.05) is 15.9 Å². The summed E-state index contributed by atoms with van der Waals surface area (Å²) in [5, 5.41) is 0. The summed E-state index contributed by atoms with van der Waals surface area (Å²) in [6.45, 7) is 5.32. The Labute approximate surface area is 132 Å². The van der Waals surface area contributed by atoms with E-state index in [0.29, 0.717) is 24.9 Å². The van der Waals surface area contributed by atoms with E-state index in [2.05, 4.69) is 52.3 Å². The van der Waals surface area contributed by atoms with Crippen LogP contribution in [0.25, 0.3) is 11.4 Å². The summed E-state index contributed by atoms with van der Waals surface area (Å²) in [5.41, 5.74) is 7.96. The van der Waals surface area contributed by atoms with Crippen LogP contribution in [0.4, 0.5) is 5.82 Å². The van der Waals surface area contributed by atoms with E-state index in [1.165, 1.54) is 0 Å². The zero-order chi connectivity index (χ0) is 15.0. The largest absolute Gasteiger partial charge is 0.376 e. The molecule has 5 nitrogen and oxygen atoms in total. The molecule has 110 valence electrons. The molecule has 21 heavy (non-hydrogen) atoms. The minimum absolute atomic E-state index is 0.507. The van der Waals surface area contributed by atoms with E-state index < -0.39 is 0 Å². The van der Waals surface area contributed by atoms with E-state index in [0.717, 1.165) is 38.8 Å². The molecule has 6 heteroatoms. The van der Waals surface area contributed by atoms with E-state index in [9.17, 15) is 0 Å². The van der Waals surface area contributed by atoms with Crippen molar-refractivity contribution >= 4 is 21.7 Å². The van der Waals surface area contributed by atoms with Crippen molar-refractivity contribution in [2.75, 3.05) is 12.0 Å². The van der Waals surface area contributed by atoms with Crippen LogP contribution in [0.5, 0.6) is 0 Å². The van der Waals surface area contributed by atoms with Gasteiger partial charge in [0.1, 0.15) is 5.82 Å². The normalized spacial score (nSPS) is 13.9. The molecule has 0 spiro atoms. The number of benzene rings is 1. The predicted octanol–water partition coefficient (Wildman–Crippen LogP) is 2.88. The van der Waals surface area contributed by atoms with Gasteiger partial charge < -0.3 is 10.2 Å². The van der Waals surface area contributed by atoms with Crippen LogP contribution >= 0.6 is 15.9 Å². The number of hydrogen-bond acceptors (Lipinski definition) is 5. The monoisotopic (exact) mass is 348 g/mol. The van der Waals surface area contributed by atoms with Gasteiger partial charge in [-0.15, -0.1) is 0 Å². The number of hydrazine groups is 1. The van der Waals surface area contributed by atoms with Crippen molar-refractivity contribution in [2.24, 2.45) is 5.84 Å². The third-order valence-electron chi connectivity index (χ3n) is 3.65. The summed E-state index contributed by atoms with van der Waals surface area (Å²) in [5.74, 6) is 6.94. The Morgan fingerprint density at radius 2 is 1.95 bits per heavy atom. The number of anilines is 1. The summed E-state index contributed by atoms with van der Waals surface area (Å²) >= 11 is 3.58. The molecule has 0 saturated heterocycles. The van der Waals surface area contributed by atoms with E-state index in [1.807, 2.05) is 0 Å². The Hall–Kier alpha value is -1.50. The minimum atomic E-state index is 0.507. The molecule has 3 N–H and O–H groups in total. The molecule has 0 fully saturated rings. The second-order valence-electron chi connectivity index (χ2n) is 5.19. The lowest BCUT2D eigenvalue weighted by atomic mass is 10.1. The first-order chi connectivity index (χ1) is 10.1. The Balaban J connectivity index is 2.15. The SMILES string of the molecule is Cc1cc(-c2nc3c(c(NN)n2)COCC3)cc(C)c1Br. The molecule has 1 aromatic carbocycles. The lowest BCUT2D eigenvalue weighted by Gasteiger charge is -2.19. The third kappa shape index (κ3) is 2.66. The molecule has 0 radical (unpaired) electrons. The molecule has 2 heterocycles. The molecular formula is C15H17BrN4O. The number of rotatable bonds is 2. The van der Waals surface area contributed by atoms with Gasteiger partial charge in [-0.25, -0.2) is 15.8 Å². The van der Waals surface area contributed by atoms with Gasteiger partial charge in [0.2, 0.25) is 0 Å². The number of nitrogens with one attached hydrogen (secondary N) is 1. The van der Waals surface area contributed by atoms with Gasteiger partial charge in [-0.3, -0.25) is 0 Å². The number of nitrogens with zero attached hydrogens (tertiary/aromatic N) is 2. The highest BCUT2D eigenvalue weighted by molar-refractivity contribution is 9.10. The standard InChI is InChI=1S/C15H17BrN4O/c1-8-5-10(6-9(2)13(8)16)14-18-12-3-4-21-7-11(12)15(19-14)20-17/h5-6H,3-4,7,17H2,1-2H3,(H,18,19,20). The Bertz CT molecular complexity index is 662. The molecule has 1 aliphatic rings. The number of halogens is 1. The van der Waals surface area contributed by atoms with Crippen molar-refractivity contribution in [3.05, 3.63) is 39.0 Å². The van der Waals surface area contributed by atoms with Crippen LogP contribution in [0.1, 0.15) is 22.4 Å². The molecule has 0 amide bonds. The molecule has 0 atom stereocenters. The first-order valence-corrected chi connectivity index (χ1v) is 7.60. The van der Waals surface area contributed by atoms with Gasteiger partial charge in [-0.05, 0) is 37.1 Å². The number of fused-ring (bicyclic) bond motifs is 1. The van der Waals surface area contributed by atoms with Crippen LogP contribution in [0.3, 0.4) is 0 Å². The summed E-state index contributed by atoms with van der Waals surface area (Å²) in [7, 11) is 0. The van der Waals surface area contributed by atoms with E-state index in [4.69, 9.17) is 15.6 Å². The number of aryl methyl sites for hydroxylation is 2. The molecule has 3 rings (SSSR count). The van der Waals surface area contributed by atoms with Gasteiger partial charge >= 0.3 is 0 Å². The molecule has 0 unspecified atom stereocenters. The average Bonchev–Trinajstić information content (AvgIpc) is 2.51. The van der Waals surface area contributed by atoms with Crippen molar-refractivity contribution in [3.63, 3.8) is 0 Å². The van der Waals surface area contributed by atoms with Crippen LogP contribution in [0.2, 0.25) is 0 Å². The van der Waals surface area contributed by atoms with Gasteiger partial charge in [-0.2, -0.15) is 0 Å². The van der Waals surface area contributed by atoms with Crippen LogP contribution in [0, 0.1) is 13.8 Å². The summed E-state index contributed by atoms with van der Waals surface area (Å²) in [6.07, 6.45) is 0.786. The van der Waals surface area contributed by atoms with Crippen molar-refractivity contribution in [3.8, 4) is 11.4 Å². The van der Waals surface area contributed by atoms with E-state index in [-0.39, 0.29) is 0 Å². The minimum Gasteiger partial charge on any atom is -0.376 e. The second-order valence-corrected chi connectivity index (χ2v) is 5.99. The summed E-state index contributed by atoms with van der Waals surface area (Å²) in [4.78, 5) is 9.25. The van der Waals surface area contributed by atoms with Crippen molar-refractivity contribution < 1.29 is 4.74 Å². The average molecular weight is 349 g/mol. The summed E-state index contributed by atoms with van der Waals surface area (Å²) in [6, 6.07) is 4.16. The Morgan fingerprint density at radius 3 is 2.62 bits per heavy atom. The lowest BCUT2D eigenvalue weighted by Crippen LogP contribution is -2.19. The highest BCUT2D eigenvalue weighted by Crippen LogP contribution is 2.29. The fraction of sp³-hybridized carbons (Fsp3) is 0.333. The number of nitrogens with two attached hydrogens (primary N) is 1. The number of ether oxygens (including phenoxy) is 1. The molecule has 1 aromatic heterocycles. The van der Waals surface area contributed by atoms with Crippen LogP contribution < -0.4 is 11.3 Å². The smallest absolute Gasteiger partial charge is 0.161 e. The number of hydrogen-bond donors (Lipinski definition) is 2. The maximum Gasteiger partial charge on any atom is 0.161 e. The Kier molecular flexibility index (Phi) is 3.93. The van der Waals surface area contributed by atoms with Crippen molar-refractivity contribution in [1.29, 1.82) is 0 Å². The highest BCUT2D eigenvalue weighted by Gasteiger charge is 2.19. The summed E-state index contributed by atoms with van der Waals surface area (Å²) < 4.78 is 6.58. The van der Waals surface area contributed by atoms with Gasteiger partial charge in [0.15, 0.2) is 5.82 Å². The van der Waals surface area contributed by atoms with E-state index in [1.54, 1.807) is 0 Å². The molecule has 0 aliphatic carbocycles. The van der Waals surface area contributed by atoms with Crippen LogP contribution in [0.15, 0.2) is 16.6 Å². The number of nitrogen functional groups attached to an aromatic ring is 1. The van der Waals surface area contributed by atoms with Gasteiger partial charge in [0.05, 0.1) is 18.9 Å². The van der Waals surface area contributed by atoms with Crippen molar-refractivity contribution in [2.45, 2.75) is 26.9 Å². The zero-order valence-electron chi connectivity index (χ0n) is 12.0. The quantitative estimate of drug-likeness (QED) is 0.644. The lowest BCUT2D eigenvalue weighted by molar-refractivity contribution is 0.109. The topological polar surface area (TPSA) is 73.1 Å². The Morgan fingerprint density at radius 1 is 1.24 bits per heavy atom. The maximum absolute atomic E-state index is 5.60. The van der Waals surface area contributed by atoms with Gasteiger partial charge in [0.25, 0.3) is 0 Å². The third-order valence-corrected chi connectivity index (χ3v) is 4.90. The first kappa shape index (κ1) is 14.4. The number of aromatic nitrogens is 2. The molecule has 0 bridgehead atoms. The van der Waals surface area contributed by atoms with Crippen LogP contribution in [-0.2, 0) is 17.8 Å². The maximum atomic E-state index is 5.60. The molecule has 0 saturated carbocycles. The van der Waals surface area contributed by atoms with Crippen molar-refractivity contribution in [1.82, 2.24) is 9.97 Å². The second kappa shape index (κ2) is 5.71. The molecule has 1 aliphatic heterocycles. The van der Waals surface area contributed by atoms with Crippen LogP contribution in [-0.4, -0.2) is 16.6 Å². The van der Waals surface area contributed by atoms with E-state index >= 15 is 0 Å². The highest BCUT2D eigenvalue weighted by atomic mass is 79.9. The molecular weight excluding hydrogens is 332 g/mol. The van der Waals surface area contributed by atoms with Gasteiger partial charge in [0, 0.05) is 22.0 Å². The predicted molar refractivity (Wildman–Crippen MR) is 85.8 cm³/mol. The fourth-order valence-corrected chi connectivity index (χ4v) is 2.78.